The summed E-state index contributed by atoms with van der Waals surface area (Å²) < 4.78 is 17.7. The van der Waals surface area contributed by atoms with E-state index in [4.69, 9.17) is 25.8 Å². The van der Waals surface area contributed by atoms with Gasteiger partial charge in [-0.05, 0) is 88.6 Å². The maximum Gasteiger partial charge on any atom is 0.335 e. The Bertz CT molecular complexity index is 1810. The summed E-state index contributed by atoms with van der Waals surface area (Å²) in [5.41, 5.74) is 1.82. The summed E-state index contributed by atoms with van der Waals surface area (Å²) in [6.07, 6.45) is 1.34. The Morgan fingerprint density at radius 1 is 0.935 bits per heavy atom. The second-order valence-electron chi connectivity index (χ2n) is 9.81. The molecule has 1 fully saturated rings. The van der Waals surface area contributed by atoms with Gasteiger partial charge in [0.15, 0.2) is 18.1 Å². The van der Waals surface area contributed by atoms with Gasteiger partial charge in [0.25, 0.3) is 17.7 Å². The molecule has 0 spiro atoms. The van der Waals surface area contributed by atoms with Crippen molar-refractivity contribution in [3.05, 3.63) is 117 Å². The van der Waals surface area contributed by atoms with Gasteiger partial charge in [-0.1, -0.05) is 54.1 Å². The van der Waals surface area contributed by atoms with Crippen molar-refractivity contribution in [2.45, 2.75) is 13.5 Å². The zero-order valence-electron chi connectivity index (χ0n) is 24.4. The van der Waals surface area contributed by atoms with Crippen molar-refractivity contribution in [1.82, 2.24) is 5.32 Å². The van der Waals surface area contributed by atoms with Gasteiger partial charge in [-0.15, -0.1) is 0 Å². The van der Waals surface area contributed by atoms with E-state index in [1.807, 2.05) is 30.3 Å². The number of anilines is 2. The van der Waals surface area contributed by atoms with Crippen LogP contribution in [0.4, 0.5) is 16.2 Å². The van der Waals surface area contributed by atoms with E-state index in [1.165, 1.54) is 6.08 Å². The minimum Gasteiger partial charge on any atom is -0.490 e. The Balaban J connectivity index is 1.32. The standard InChI is InChI=1S/C34H27BrClN3O7/c1-2-44-29-18-22(17-26(35)31(29)46-20-30(40)37-28-11-7-6-10-27(28)36)16-25-32(41)38-34(43)39(33(25)42)23-12-14-24(15-13-23)45-19-21-8-4-3-5-9-21/h3-18H,2,19-20H2,1H3,(H,37,40)(H,38,41,43)/b25-16-. The summed E-state index contributed by atoms with van der Waals surface area (Å²) in [7, 11) is 0. The van der Waals surface area contributed by atoms with Gasteiger partial charge in [-0.3, -0.25) is 19.7 Å². The number of hydrogen-bond donors (Lipinski definition) is 2. The molecular formula is C34H27BrClN3O7. The topological polar surface area (TPSA) is 123 Å². The molecule has 5 amide bonds. The number of halogens is 2. The summed E-state index contributed by atoms with van der Waals surface area (Å²) in [4.78, 5) is 52.4. The Kier molecular flexibility index (Phi) is 10.4. The number of nitrogens with zero attached hydrogens (tertiary/aromatic N) is 1. The van der Waals surface area contributed by atoms with Crippen LogP contribution in [0.15, 0.2) is 101 Å². The minimum atomic E-state index is -0.875. The lowest BCUT2D eigenvalue weighted by Crippen LogP contribution is -2.54. The van der Waals surface area contributed by atoms with Gasteiger partial charge in [0.2, 0.25) is 0 Å². The molecule has 12 heteroatoms. The predicted octanol–water partition coefficient (Wildman–Crippen LogP) is 6.76. The molecule has 46 heavy (non-hydrogen) atoms. The lowest BCUT2D eigenvalue weighted by Gasteiger charge is -2.26. The van der Waals surface area contributed by atoms with Gasteiger partial charge in [-0.25, -0.2) is 9.69 Å². The van der Waals surface area contributed by atoms with Gasteiger partial charge >= 0.3 is 6.03 Å². The highest BCUT2D eigenvalue weighted by molar-refractivity contribution is 9.10. The van der Waals surface area contributed by atoms with Crippen LogP contribution in [0.5, 0.6) is 17.2 Å². The van der Waals surface area contributed by atoms with Crippen LogP contribution in [-0.2, 0) is 21.0 Å². The molecule has 0 saturated carbocycles. The molecule has 4 aromatic rings. The number of urea groups is 1. The van der Waals surface area contributed by atoms with Gasteiger partial charge in [-0.2, -0.15) is 0 Å². The quantitative estimate of drug-likeness (QED) is 0.131. The van der Waals surface area contributed by atoms with Crippen molar-refractivity contribution in [3.8, 4) is 17.2 Å². The van der Waals surface area contributed by atoms with Crippen LogP contribution in [0.25, 0.3) is 6.08 Å². The molecule has 10 nitrogen and oxygen atoms in total. The van der Waals surface area contributed by atoms with E-state index in [0.29, 0.717) is 33.1 Å². The number of amides is 5. The van der Waals surface area contributed by atoms with Crippen LogP contribution in [0.3, 0.4) is 0 Å². The highest BCUT2D eigenvalue weighted by Gasteiger charge is 2.37. The number of imide groups is 2. The predicted molar refractivity (Wildman–Crippen MR) is 177 cm³/mol. The Labute approximate surface area is 278 Å². The average molecular weight is 705 g/mol. The monoisotopic (exact) mass is 703 g/mol. The summed E-state index contributed by atoms with van der Waals surface area (Å²) >= 11 is 9.55. The highest BCUT2D eigenvalue weighted by atomic mass is 79.9. The maximum absolute atomic E-state index is 13.5. The third-order valence-corrected chi connectivity index (χ3v) is 7.50. The van der Waals surface area contributed by atoms with E-state index in [1.54, 1.807) is 67.6 Å². The number of ether oxygens (including phenoxy) is 3. The summed E-state index contributed by atoms with van der Waals surface area (Å²) in [6, 6.07) is 25.1. The van der Waals surface area contributed by atoms with E-state index in [0.717, 1.165) is 10.5 Å². The number of benzene rings is 4. The van der Waals surface area contributed by atoms with Crippen LogP contribution in [0.1, 0.15) is 18.1 Å². The van der Waals surface area contributed by atoms with Crippen LogP contribution in [0, 0.1) is 0 Å². The number of carbonyl (C=O) groups excluding carboxylic acids is 4. The van der Waals surface area contributed by atoms with Crippen LogP contribution in [-0.4, -0.2) is 37.0 Å². The molecule has 234 valence electrons. The lowest BCUT2D eigenvalue weighted by molar-refractivity contribution is -0.122. The molecule has 1 aliphatic heterocycles. The molecule has 0 aliphatic carbocycles. The molecular weight excluding hydrogens is 678 g/mol. The molecule has 2 N–H and O–H groups in total. The largest absolute Gasteiger partial charge is 0.490 e. The molecule has 0 aromatic heterocycles. The van der Waals surface area contributed by atoms with E-state index in [-0.39, 0.29) is 36.0 Å². The first-order chi connectivity index (χ1) is 22.2. The van der Waals surface area contributed by atoms with Crippen LogP contribution in [0.2, 0.25) is 5.02 Å². The third kappa shape index (κ3) is 7.74. The zero-order valence-corrected chi connectivity index (χ0v) is 26.8. The first-order valence-electron chi connectivity index (χ1n) is 14.0. The van der Waals surface area contributed by atoms with Crippen LogP contribution >= 0.6 is 27.5 Å². The first kappa shape index (κ1) is 32.3. The van der Waals surface area contributed by atoms with E-state index >= 15 is 0 Å². The molecule has 0 bridgehead atoms. The normalized spacial score (nSPS) is 13.8. The SMILES string of the molecule is CCOc1cc(/C=C2/C(=O)NC(=O)N(c3ccc(OCc4ccccc4)cc3)C2=O)cc(Br)c1OCC(=O)Nc1ccccc1Cl. The molecule has 0 unspecified atom stereocenters. The molecule has 1 saturated heterocycles. The first-order valence-corrected chi connectivity index (χ1v) is 15.2. The Morgan fingerprint density at radius 2 is 1.65 bits per heavy atom. The van der Waals surface area contributed by atoms with E-state index in [9.17, 15) is 19.2 Å². The third-order valence-electron chi connectivity index (χ3n) is 6.58. The number of para-hydroxylation sites is 1. The second-order valence-corrected chi connectivity index (χ2v) is 11.1. The maximum atomic E-state index is 13.5. The van der Waals surface area contributed by atoms with E-state index < -0.39 is 23.8 Å². The highest BCUT2D eigenvalue weighted by Crippen LogP contribution is 2.38. The molecule has 0 atom stereocenters. The van der Waals surface area contributed by atoms with Crippen molar-refractivity contribution < 1.29 is 33.4 Å². The number of nitrogens with one attached hydrogen (secondary N) is 2. The second kappa shape index (κ2) is 14.8. The molecule has 1 heterocycles. The van der Waals surface area contributed by atoms with Gasteiger partial charge in [0.1, 0.15) is 17.9 Å². The smallest absolute Gasteiger partial charge is 0.335 e. The van der Waals surface area contributed by atoms with Crippen molar-refractivity contribution in [3.63, 3.8) is 0 Å². The fourth-order valence-electron chi connectivity index (χ4n) is 4.45. The lowest BCUT2D eigenvalue weighted by atomic mass is 10.1. The summed E-state index contributed by atoms with van der Waals surface area (Å²) in [5, 5.41) is 5.28. The van der Waals surface area contributed by atoms with Crippen LogP contribution < -0.4 is 29.7 Å². The van der Waals surface area contributed by atoms with Gasteiger partial charge < -0.3 is 19.5 Å². The fourth-order valence-corrected chi connectivity index (χ4v) is 5.21. The molecule has 0 radical (unpaired) electrons. The number of carbonyl (C=O) groups is 4. The Hall–Kier alpha value is -5.13. The van der Waals surface area contributed by atoms with Crippen molar-refractivity contribution >= 4 is 68.7 Å². The number of hydrogen-bond acceptors (Lipinski definition) is 7. The zero-order chi connectivity index (χ0) is 32.6. The van der Waals surface area contributed by atoms with Crippen molar-refractivity contribution in [2.24, 2.45) is 0 Å². The molecule has 4 aromatic carbocycles. The fraction of sp³-hybridized carbons (Fsp3) is 0.118. The van der Waals surface area contributed by atoms with Crippen molar-refractivity contribution in [1.29, 1.82) is 0 Å². The number of barbiturate groups is 1. The summed E-state index contributed by atoms with van der Waals surface area (Å²) in [5.74, 6) is -1.06. The molecule has 5 rings (SSSR count). The molecule has 1 aliphatic rings. The number of rotatable bonds is 11. The average Bonchev–Trinajstić information content (AvgIpc) is 3.04. The van der Waals surface area contributed by atoms with Crippen molar-refractivity contribution in [2.75, 3.05) is 23.4 Å². The van der Waals surface area contributed by atoms with E-state index in [2.05, 4.69) is 26.6 Å². The van der Waals surface area contributed by atoms with Gasteiger partial charge in [0, 0.05) is 0 Å². The Morgan fingerprint density at radius 3 is 2.37 bits per heavy atom. The van der Waals surface area contributed by atoms with Gasteiger partial charge in [0.05, 0.1) is 27.5 Å². The minimum absolute atomic E-state index is 0.240. The summed E-state index contributed by atoms with van der Waals surface area (Å²) in [6.45, 7) is 2.04.